The highest BCUT2D eigenvalue weighted by Gasteiger charge is 2.62. The first kappa shape index (κ1) is 18.0. The van der Waals surface area contributed by atoms with Crippen molar-refractivity contribution in [2.45, 2.75) is 6.29 Å². The molecule has 0 spiro atoms. The van der Waals surface area contributed by atoms with E-state index in [9.17, 15) is 9.59 Å². The van der Waals surface area contributed by atoms with E-state index in [-0.39, 0.29) is 6.61 Å². The molecule has 7 heteroatoms. The molecule has 130 valence electrons. The van der Waals surface area contributed by atoms with Crippen LogP contribution in [0.4, 0.5) is 0 Å². The van der Waals surface area contributed by atoms with Crippen molar-refractivity contribution >= 4 is 18.0 Å². The summed E-state index contributed by atoms with van der Waals surface area (Å²) in [5, 5.41) is 0. The number of hydrogen-bond donors (Lipinski definition) is 0. The summed E-state index contributed by atoms with van der Waals surface area (Å²) in [6.45, 7) is 0.0364. The summed E-state index contributed by atoms with van der Waals surface area (Å²) in [7, 11) is 5.31. The first-order chi connectivity index (χ1) is 11.5. The van der Waals surface area contributed by atoms with Crippen LogP contribution in [-0.4, -0.2) is 53.3 Å². The van der Waals surface area contributed by atoms with Crippen molar-refractivity contribution in [2.75, 3.05) is 35.0 Å². The second kappa shape index (κ2) is 7.46. The molecular formula is C17H20O7. The second-order valence-corrected chi connectivity index (χ2v) is 5.11. The molecule has 1 heterocycles. The van der Waals surface area contributed by atoms with Gasteiger partial charge >= 0.3 is 11.9 Å². The molecule has 1 atom stereocenters. The summed E-state index contributed by atoms with van der Waals surface area (Å²) in [6, 6.07) is 7.14. The number of benzene rings is 1. The third-order valence-corrected chi connectivity index (χ3v) is 3.94. The van der Waals surface area contributed by atoms with Gasteiger partial charge in [0.15, 0.2) is 6.29 Å². The number of carbonyl (C=O) groups is 2. The van der Waals surface area contributed by atoms with E-state index in [1.807, 2.05) is 0 Å². The molecule has 1 aliphatic heterocycles. The summed E-state index contributed by atoms with van der Waals surface area (Å²) in [6.07, 6.45) is 0.564. The van der Waals surface area contributed by atoms with Crippen LogP contribution < -0.4 is 4.74 Å². The molecule has 2 rings (SSSR count). The summed E-state index contributed by atoms with van der Waals surface area (Å²) in [5.74, 6) is -0.890. The van der Waals surface area contributed by atoms with Gasteiger partial charge in [-0.2, -0.15) is 0 Å². The lowest BCUT2D eigenvalue weighted by atomic mass is 9.80. The van der Waals surface area contributed by atoms with Crippen LogP contribution in [0, 0.1) is 5.41 Å². The average molecular weight is 336 g/mol. The zero-order chi connectivity index (χ0) is 17.7. The Hall–Kier alpha value is -2.38. The van der Waals surface area contributed by atoms with Gasteiger partial charge in [-0.15, -0.1) is 0 Å². The van der Waals surface area contributed by atoms with Crippen LogP contribution in [0.15, 0.2) is 29.8 Å². The van der Waals surface area contributed by atoms with Crippen molar-refractivity contribution in [3.05, 3.63) is 35.4 Å². The number of carbonyl (C=O) groups excluding carboxylic acids is 2. The predicted molar refractivity (Wildman–Crippen MR) is 84.2 cm³/mol. The van der Waals surface area contributed by atoms with Gasteiger partial charge < -0.3 is 23.7 Å². The number of rotatable bonds is 5. The van der Waals surface area contributed by atoms with Crippen LogP contribution in [0.1, 0.15) is 5.56 Å². The molecule has 1 aliphatic rings. The normalized spacial score (nSPS) is 20.7. The lowest BCUT2D eigenvalue weighted by Gasteiger charge is -2.28. The summed E-state index contributed by atoms with van der Waals surface area (Å²) >= 11 is 0. The fraction of sp³-hybridized carbons (Fsp3) is 0.412. The molecule has 0 N–H and O–H groups in total. The van der Waals surface area contributed by atoms with Gasteiger partial charge in [0, 0.05) is 7.11 Å². The fourth-order valence-electron chi connectivity index (χ4n) is 2.72. The van der Waals surface area contributed by atoms with Crippen molar-refractivity contribution in [3.8, 4) is 5.75 Å². The zero-order valence-electron chi connectivity index (χ0n) is 14.0. The molecule has 0 saturated carbocycles. The van der Waals surface area contributed by atoms with E-state index in [1.54, 1.807) is 37.5 Å². The van der Waals surface area contributed by atoms with E-state index >= 15 is 0 Å². The van der Waals surface area contributed by atoms with E-state index in [1.165, 1.54) is 21.3 Å². The highest BCUT2D eigenvalue weighted by Crippen LogP contribution is 2.43. The quantitative estimate of drug-likeness (QED) is 0.594. The van der Waals surface area contributed by atoms with Crippen LogP contribution >= 0.6 is 0 Å². The standard InChI is InChI=1S/C17H20O7/c1-20-13-7-5-11(6-8-13)9-12-10-24-16(23-4)17(12,14(18)21-2)15(19)22-3/h5-9,16H,10H2,1-4H3/b12-9+. The fourth-order valence-corrected chi connectivity index (χ4v) is 2.72. The van der Waals surface area contributed by atoms with E-state index in [4.69, 9.17) is 23.7 Å². The highest BCUT2D eigenvalue weighted by atomic mass is 16.7. The molecule has 0 radical (unpaired) electrons. The van der Waals surface area contributed by atoms with Gasteiger partial charge in [-0.1, -0.05) is 18.2 Å². The van der Waals surface area contributed by atoms with Gasteiger partial charge in [0.2, 0.25) is 5.41 Å². The average Bonchev–Trinajstić information content (AvgIpc) is 2.99. The topological polar surface area (TPSA) is 80.3 Å². The minimum atomic E-state index is -1.79. The Morgan fingerprint density at radius 1 is 1.08 bits per heavy atom. The third-order valence-electron chi connectivity index (χ3n) is 3.94. The Labute approximate surface area is 140 Å². The molecule has 0 amide bonds. The van der Waals surface area contributed by atoms with Crippen LogP contribution in [0.2, 0.25) is 0 Å². The van der Waals surface area contributed by atoms with Gasteiger partial charge in [-0.3, -0.25) is 9.59 Å². The highest BCUT2D eigenvalue weighted by molar-refractivity contribution is 6.05. The molecule has 0 aromatic heterocycles. The Balaban J connectivity index is 2.54. The first-order valence-electron chi connectivity index (χ1n) is 7.20. The smallest absolute Gasteiger partial charge is 0.332 e. The Morgan fingerprint density at radius 2 is 1.67 bits per heavy atom. The number of hydrogen-bond acceptors (Lipinski definition) is 7. The zero-order valence-corrected chi connectivity index (χ0v) is 14.0. The molecule has 1 fully saturated rings. The maximum absolute atomic E-state index is 12.5. The van der Waals surface area contributed by atoms with Crippen molar-refractivity contribution in [3.63, 3.8) is 0 Å². The van der Waals surface area contributed by atoms with Gasteiger partial charge in [0.05, 0.1) is 27.9 Å². The SMILES string of the molecule is COC(=O)C1(C(=O)OC)/C(=C/c2ccc(OC)cc2)COC1OC. The van der Waals surface area contributed by atoms with Gasteiger partial charge in [-0.25, -0.2) is 0 Å². The second-order valence-electron chi connectivity index (χ2n) is 5.11. The monoisotopic (exact) mass is 336 g/mol. The van der Waals surface area contributed by atoms with Crippen molar-refractivity contribution in [1.82, 2.24) is 0 Å². The van der Waals surface area contributed by atoms with Crippen LogP contribution in [0.25, 0.3) is 6.08 Å². The van der Waals surface area contributed by atoms with E-state index < -0.39 is 23.6 Å². The largest absolute Gasteiger partial charge is 0.497 e. The summed E-state index contributed by atoms with van der Waals surface area (Å²) < 4.78 is 25.5. The molecule has 7 nitrogen and oxygen atoms in total. The molecule has 0 aliphatic carbocycles. The van der Waals surface area contributed by atoms with Crippen molar-refractivity contribution in [2.24, 2.45) is 5.41 Å². The maximum Gasteiger partial charge on any atom is 0.332 e. The summed E-state index contributed by atoms with van der Waals surface area (Å²) in [5.41, 5.74) is -0.625. The van der Waals surface area contributed by atoms with E-state index in [0.29, 0.717) is 11.3 Å². The van der Waals surface area contributed by atoms with Crippen LogP contribution in [-0.2, 0) is 28.5 Å². The predicted octanol–water partition coefficient (Wildman–Crippen LogP) is 1.41. The lowest BCUT2D eigenvalue weighted by Crippen LogP contribution is -2.49. The minimum absolute atomic E-state index is 0.0364. The molecular weight excluding hydrogens is 316 g/mol. The minimum Gasteiger partial charge on any atom is -0.497 e. The van der Waals surface area contributed by atoms with Gasteiger partial charge in [-0.05, 0) is 23.3 Å². The molecule has 1 aromatic carbocycles. The molecule has 1 saturated heterocycles. The molecule has 1 unspecified atom stereocenters. The molecule has 0 bridgehead atoms. The van der Waals surface area contributed by atoms with E-state index in [2.05, 4.69) is 0 Å². The number of esters is 2. The maximum atomic E-state index is 12.5. The van der Waals surface area contributed by atoms with Gasteiger partial charge in [0.25, 0.3) is 0 Å². The molecule has 24 heavy (non-hydrogen) atoms. The number of ether oxygens (including phenoxy) is 5. The number of methoxy groups -OCH3 is 4. The Bertz CT molecular complexity index is 617. The molecule has 1 aromatic rings. The lowest BCUT2D eigenvalue weighted by molar-refractivity contribution is -0.193. The van der Waals surface area contributed by atoms with E-state index in [0.717, 1.165) is 5.56 Å². The summed E-state index contributed by atoms with van der Waals surface area (Å²) in [4.78, 5) is 24.9. The Morgan fingerprint density at radius 3 is 2.12 bits per heavy atom. The van der Waals surface area contributed by atoms with Crippen molar-refractivity contribution < 1.29 is 33.3 Å². The first-order valence-corrected chi connectivity index (χ1v) is 7.20. The van der Waals surface area contributed by atoms with Crippen LogP contribution in [0.3, 0.4) is 0 Å². The van der Waals surface area contributed by atoms with Crippen molar-refractivity contribution in [1.29, 1.82) is 0 Å². The Kier molecular flexibility index (Phi) is 5.58. The van der Waals surface area contributed by atoms with Crippen LogP contribution in [0.5, 0.6) is 5.75 Å². The van der Waals surface area contributed by atoms with Gasteiger partial charge in [0.1, 0.15) is 5.75 Å². The third kappa shape index (κ3) is 2.88.